The van der Waals surface area contributed by atoms with Gasteiger partial charge in [-0.15, -0.1) is 0 Å². The van der Waals surface area contributed by atoms with E-state index in [0.29, 0.717) is 30.4 Å². The summed E-state index contributed by atoms with van der Waals surface area (Å²) in [5.74, 6) is 0. The highest BCUT2D eigenvalue weighted by atomic mass is 79.9. The van der Waals surface area contributed by atoms with Gasteiger partial charge in [-0.05, 0) is 68.0 Å². The van der Waals surface area contributed by atoms with E-state index in [2.05, 4.69) is 37.9 Å². The molecule has 0 amide bonds. The number of piperidine rings is 2. The fourth-order valence-corrected chi connectivity index (χ4v) is 6.89. The number of rotatable bonds is 4. The third kappa shape index (κ3) is 5.51. The zero-order valence-corrected chi connectivity index (χ0v) is 22.2. The van der Waals surface area contributed by atoms with Crippen molar-refractivity contribution in [3.63, 3.8) is 0 Å². The molecule has 1 spiro atoms. The Morgan fingerprint density at radius 1 is 1.08 bits per heavy atom. The minimum atomic E-state index is -4.80. The molecule has 2 aromatic carbocycles. The number of non-ortho nitro benzene ring substituents is 1. The van der Waals surface area contributed by atoms with Gasteiger partial charge in [-0.1, -0.05) is 39.4 Å². The van der Waals surface area contributed by atoms with Crippen LogP contribution >= 0.6 is 27.3 Å². The van der Waals surface area contributed by atoms with Gasteiger partial charge in [-0.2, -0.15) is 18.2 Å². The maximum Gasteiger partial charge on any atom is 0.416 e. The summed E-state index contributed by atoms with van der Waals surface area (Å²) in [6.45, 7) is 4.21. The average Bonchev–Trinajstić information content (AvgIpc) is 2.85. The number of hydrogen-bond donors (Lipinski definition) is 0. The lowest BCUT2D eigenvalue weighted by atomic mass is 9.71. The SMILES string of the molecule is O=c1nc(N2CCC3(CCN(Cc4cccc(Br)c4)CC3)CC2)sc2c([N+](=O)[O-])cc(C(F)(F)F)cc12. The van der Waals surface area contributed by atoms with Gasteiger partial charge >= 0.3 is 6.18 Å². The summed E-state index contributed by atoms with van der Waals surface area (Å²) in [6.07, 6.45) is -0.839. The van der Waals surface area contributed by atoms with E-state index in [4.69, 9.17) is 0 Å². The van der Waals surface area contributed by atoms with Crippen molar-refractivity contribution in [3.05, 3.63) is 72.5 Å². The molecule has 2 aliphatic heterocycles. The topological polar surface area (TPSA) is 79.6 Å². The third-order valence-electron chi connectivity index (χ3n) is 7.52. The van der Waals surface area contributed by atoms with E-state index in [1.807, 2.05) is 17.0 Å². The first-order chi connectivity index (χ1) is 17.5. The van der Waals surface area contributed by atoms with Crippen LogP contribution in [0.3, 0.4) is 0 Å². The molecule has 0 unspecified atom stereocenters. The van der Waals surface area contributed by atoms with Crippen LogP contribution < -0.4 is 10.5 Å². The molecule has 3 aromatic rings. The molecule has 0 saturated carbocycles. The van der Waals surface area contributed by atoms with Crippen LogP contribution in [-0.4, -0.2) is 41.0 Å². The summed E-state index contributed by atoms with van der Waals surface area (Å²) in [5, 5.41) is 11.5. The molecule has 5 rings (SSSR count). The summed E-state index contributed by atoms with van der Waals surface area (Å²) >= 11 is 4.44. The van der Waals surface area contributed by atoms with Crippen molar-refractivity contribution < 1.29 is 18.1 Å². The molecular formula is C25H24BrF3N4O3S. The summed E-state index contributed by atoms with van der Waals surface area (Å²) in [4.78, 5) is 31.8. The Kier molecular flexibility index (Phi) is 7.01. The molecule has 7 nitrogen and oxygen atoms in total. The van der Waals surface area contributed by atoms with E-state index >= 15 is 0 Å². The molecule has 2 aliphatic rings. The van der Waals surface area contributed by atoms with Crippen molar-refractivity contribution in [2.45, 2.75) is 38.4 Å². The minimum Gasteiger partial charge on any atom is -0.348 e. The molecule has 37 heavy (non-hydrogen) atoms. The molecule has 0 radical (unpaired) electrons. The molecule has 2 fully saturated rings. The molecule has 196 valence electrons. The molecular weight excluding hydrogens is 573 g/mol. The second-order valence-corrected chi connectivity index (χ2v) is 11.7. The van der Waals surface area contributed by atoms with Gasteiger partial charge < -0.3 is 4.90 Å². The van der Waals surface area contributed by atoms with Gasteiger partial charge in [0.25, 0.3) is 11.2 Å². The highest BCUT2D eigenvalue weighted by molar-refractivity contribution is 9.10. The number of fused-ring (bicyclic) bond motifs is 1. The summed E-state index contributed by atoms with van der Waals surface area (Å²) < 4.78 is 40.7. The van der Waals surface area contributed by atoms with E-state index in [-0.39, 0.29) is 15.5 Å². The number of likely N-dealkylation sites (tertiary alicyclic amines) is 1. The fourth-order valence-electron chi connectivity index (χ4n) is 5.33. The third-order valence-corrected chi connectivity index (χ3v) is 9.18. The van der Waals surface area contributed by atoms with Crippen molar-refractivity contribution in [2.24, 2.45) is 5.41 Å². The number of hydrogen-bond acceptors (Lipinski definition) is 7. The summed E-state index contributed by atoms with van der Waals surface area (Å²) in [7, 11) is 0. The van der Waals surface area contributed by atoms with E-state index in [1.54, 1.807) is 0 Å². The zero-order chi connectivity index (χ0) is 26.4. The predicted molar refractivity (Wildman–Crippen MR) is 140 cm³/mol. The minimum absolute atomic E-state index is 0.0749. The first kappa shape index (κ1) is 26.1. The van der Waals surface area contributed by atoms with E-state index < -0.39 is 27.9 Å². The van der Waals surface area contributed by atoms with Crippen LogP contribution in [0.2, 0.25) is 0 Å². The highest BCUT2D eigenvalue weighted by Crippen LogP contribution is 2.44. The van der Waals surface area contributed by atoms with Crippen LogP contribution in [0, 0.1) is 15.5 Å². The molecule has 1 aromatic heterocycles. The van der Waals surface area contributed by atoms with E-state index in [9.17, 15) is 28.1 Å². The van der Waals surface area contributed by atoms with Crippen molar-refractivity contribution in [3.8, 4) is 0 Å². The number of alkyl halides is 3. The standard InChI is InChI=1S/C25H24BrF3N4O3S/c26-18-3-1-2-16(12-18)15-31-8-4-24(5-9-31)6-10-32(11-7-24)23-30-22(34)19-13-17(25(27,28)29)14-20(33(35)36)21(19)37-23/h1-3,12-14H,4-11,15H2. The summed E-state index contributed by atoms with van der Waals surface area (Å²) in [6, 6.07) is 9.48. The highest BCUT2D eigenvalue weighted by Gasteiger charge is 2.39. The number of benzene rings is 2. The Labute approximate surface area is 223 Å². The van der Waals surface area contributed by atoms with Crippen LogP contribution in [0.25, 0.3) is 10.1 Å². The van der Waals surface area contributed by atoms with Crippen LogP contribution in [0.1, 0.15) is 36.8 Å². The van der Waals surface area contributed by atoms with Gasteiger partial charge in [-0.3, -0.25) is 19.8 Å². The van der Waals surface area contributed by atoms with Gasteiger partial charge in [-0.25, -0.2) is 0 Å². The molecule has 0 bridgehead atoms. The average molecular weight is 597 g/mol. The summed E-state index contributed by atoms with van der Waals surface area (Å²) in [5.41, 5.74) is -1.34. The number of nitrogens with zero attached hydrogens (tertiary/aromatic N) is 4. The van der Waals surface area contributed by atoms with Crippen molar-refractivity contribution in [1.29, 1.82) is 0 Å². The maximum atomic E-state index is 13.2. The molecule has 0 aliphatic carbocycles. The Balaban J connectivity index is 1.30. The Hall–Kier alpha value is -2.57. The second kappa shape index (κ2) is 9.95. The number of nitro benzene ring substituents is 1. The Morgan fingerprint density at radius 2 is 1.76 bits per heavy atom. The Bertz CT molecular complexity index is 1400. The van der Waals surface area contributed by atoms with Crippen LogP contribution in [0.4, 0.5) is 24.0 Å². The molecule has 0 N–H and O–H groups in total. The second-order valence-electron chi connectivity index (χ2n) is 9.82. The molecule has 12 heteroatoms. The molecule has 3 heterocycles. The van der Waals surface area contributed by atoms with Crippen molar-refractivity contribution in [2.75, 3.05) is 31.1 Å². The van der Waals surface area contributed by atoms with Gasteiger partial charge in [0.15, 0.2) is 5.13 Å². The fraction of sp³-hybridized carbons (Fsp3) is 0.440. The van der Waals surface area contributed by atoms with Gasteiger partial charge in [0.05, 0.1) is 15.9 Å². The van der Waals surface area contributed by atoms with E-state index in [0.717, 1.165) is 61.1 Å². The lowest BCUT2D eigenvalue weighted by molar-refractivity contribution is -0.383. The molecule has 0 atom stereocenters. The number of nitro groups is 1. The van der Waals surface area contributed by atoms with Crippen LogP contribution in [0.15, 0.2) is 45.7 Å². The predicted octanol–water partition coefficient (Wildman–Crippen LogP) is 6.23. The van der Waals surface area contributed by atoms with Gasteiger partial charge in [0.2, 0.25) is 0 Å². The lowest BCUT2D eigenvalue weighted by Crippen LogP contribution is -2.46. The number of anilines is 1. The van der Waals surface area contributed by atoms with Gasteiger partial charge in [0.1, 0.15) is 4.70 Å². The number of aromatic nitrogens is 1. The lowest BCUT2D eigenvalue weighted by Gasteiger charge is -2.47. The number of halogens is 4. The van der Waals surface area contributed by atoms with E-state index in [1.165, 1.54) is 5.56 Å². The Morgan fingerprint density at radius 3 is 2.38 bits per heavy atom. The van der Waals surface area contributed by atoms with Crippen LogP contribution in [-0.2, 0) is 12.7 Å². The van der Waals surface area contributed by atoms with Gasteiger partial charge in [0, 0.05) is 30.2 Å². The maximum absolute atomic E-state index is 13.2. The monoisotopic (exact) mass is 596 g/mol. The zero-order valence-electron chi connectivity index (χ0n) is 19.8. The quantitative estimate of drug-likeness (QED) is 0.262. The first-order valence-corrected chi connectivity index (χ1v) is 13.6. The molecule has 2 saturated heterocycles. The van der Waals surface area contributed by atoms with Crippen LogP contribution in [0.5, 0.6) is 0 Å². The largest absolute Gasteiger partial charge is 0.416 e. The smallest absolute Gasteiger partial charge is 0.348 e. The van der Waals surface area contributed by atoms with Crippen molar-refractivity contribution >= 4 is 48.2 Å². The normalized spacial score (nSPS) is 18.4. The first-order valence-electron chi connectivity index (χ1n) is 12.0. The van der Waals surface area contributed by atoms with Crippen molar-refractivity contribution in [1.82, 2.24) is 9.88 Å².